The van der Waals surface area contributed by atoms with Crippen molar-refractivity contribution in [3.05, 3.63) is 29.8 Å². The van der Waals surface area contributed by atoms with Crippen molar-refractivity contribution in [2.45, 2.75) is 13.0 Å². The number of methoxy groups -OCH3 is 1. The zero-order chi connectivity index (χ0) is 11.5. The molecule has 88 valence electrons. The first kappa shape index (κ1) is 11.4. The molecule has 0 aromatic heterocycles. The molecule has 1 aromatic carbocycles. The van der Waals surface area contributed by atoms with Crippen LogP contribution in [0, 0.1) is 11.8 Å². The molecule has 0 bridgehead atoms. The third-order valence-corrected chi connectivity index (χ3v) is 3.44. The summed E-state index contributed by atoms with van der Waals surface area (Å²) in [6.45, 7) is 4.07. The van der Waals surface area contributed by atoms with Gasteiger partial charge in [-0.25, -0.2) is 0 Å². The summed E-state index contributed by atoms with van der Waals surface area (Å²) in [7, 11) is 1.65. The van der Waals surface area contributed by atoms with Crippen LogP contribution in [0.2, 0.25) is 0 Å². The number of aliphatic hydroxyl groups excluding tert-OH is 1. The van der Waals surface area contributed by atoms with Crippen LogP contribution < -0.4 is 10.1 Å². The molecule has 3 unspecified atom stereocenters. The summed E-state index contributed by atoms with van der Waals surface area (Å²) >= 11 is 0. The number of nitrogens with one attached hydrogen (secondary N) is 1. The Balaban J connectivity index is 2.10. The molecule has 3 heteroatoms. The highest BCUT2D eigenvalue weighted by Crippen LogP contribution is 2.31. The lowest BCUT2D eigenvalue weighted by atomic mass is 9.88. The minimum absolute atomic E-state index is 0.313. The van der Waals surface area contributed by atoms with Crippen molar-refractivity contribution >= 4 is 0 Å². The van der Waals surface area contributed by atoms with Crippen molar-refractivity contribution < 1.29 is 9.84 Å². The van der Waals surface area contributed by atoms with Gasteiger partial charge < -0.3 is 15.2 Å². The summed E-state index contributed by atoms with van der Waals surface area (Å²) in [5.74, 6) is 1.67. The predicted molar refractivity (Wildman–Crippen MR) is 63.5 cm³/mol. The van der Waals surface area contributed by atoms with Crippen molar-refractivity contribution in [3.63, 3.8) is 0 Å². The van der Waals surface area contributed by atoms with E-state index in [4.69, 9.17) is 4.74 Å². The van der Waals surface area contributed by atoms with Crippen LogP contribution in [0.5, 0.6) is 5.75 Å². The van der Waals surface area contributed by atoms with Crippen molar-refractivity contribution in [1.29, 1.82) is 0 Å². The predicted octanol–water partition coefficient (Wildman–Crippen LogP) is 1.58. The Morgan fingerprint density at radius 1 is 1.31 bits per heavy atom. The van der Waals surface area contributed by atoms with Crippen LogP contribution in [-0.2, 0) is 0 Å². The fourth-order valence-corrected chi connectivity index (χ4v) is 2.30. The van der Waals surface area contributed by atoms with E-state index in [2.05, 4.69) is 12.2 Å². The van der Waals surface area contributed by atoms with Crippen LogP contribution >= 0.6 is 0 Å². The molecule has 2 N–H and O–H groups in total. The summed E-state index contributed by atoms with van der Waals surface area (Å²) in [6, 6.07) is 7.67. The molecule has 0 spiro atoms. The molecule has 0 aliphatic carbocycles. The van der Waals surface area contributed by atoms with Crippen LogP contribution in [-0.4, -0.2) is 25.3 Å². The SMILES string of the molecule is COc1ccc(C(O)C2CNCC2C)cc1. The van der Waals surface area contributed by atoms with Gasteiger partial charge in [-0.1, -0.05) is 19.1 Å². The summed E-state index contributed by atoms with van der Waals surface area (Å²) in [5.41, 5.74) is 0.973. The zero-order valence-corrected chi connectivity index (χ0v) is 9.81. The van der Waals surface area contributed by atoms with Crippen molar-refractivity contribution in [2.75, 3.05) is 20.2 Å². The van der Waals surface area contributed by atoms with Crippen LogP contribution in [0.3, 0.4) is 0 Å². The summed E-state index contributed by atoms with van der Waals surface area (Å²) in [6.07, 6.45) is -0.379. The summed E-state index contributed by atoms with van der Waals surface area (Å²) < 4.78 is 5.10. The van der Waals surface area contributed by atoms with E-state index in [9.17, 15) is 5.11 Å². The molecule has 1 aliphatic heterocycles. The van der Waals surface area contributed by atoms with Crippen molar-refractivity contribution in [1.82, 2.24) is 5.32 Å². The standard InChI is InChI=1S/C13H19NO2/c1-9-7-14-8-12(9)13(15)10-3-5-11(16-2)6-4-10/h3-6,9,12-15H,7-8H2,1-2H3. The average molecular weight is 221 g/mol. The van der Waals surface area contributed by atoms with E-state index in [1.807, 2.05) is 24.3 Å². The highest BCUT2D eigenvalue weighted by atomic mass is 16.5. The number of ether oxygens (including phenoxy) is 1. The van der Waals surface area contributed by atoms with E-state index < -0.39 is 0 Å². The van der Waals surface area contributed by atoms with E-state index in [0.717, 1.165) is 24.4 Å². The minimum atomic E-state index is -0.379. The smallest absolute Gasteiger partial charge is 0.118 e. The fraction of sp³-hybridized carbons (Fsp3) is 0.538. The molecule has 0 saturated carbocycles. The molecule has 3 atom stereocenters. The van der Waals surface area contributed by atoms with E-state index in [0.29, 0.717) is 11.8 Å². The van der Waals surface area contributed by atoms with E-state index in [-0.39, 0.29) is 6.10 Å². The normalized spacial score (nSPS) is 26.7. The maximum atomic E-state index is 10.3. The van der Waals surface area contributed by atoms with Crippen LogP contribution in [0.25, 0.3) is 0 Å². The molecule has 0 radical (unpaired) electrons. The van der Waals surface area contributed by atoms with Gasteiger partial charge in [0.05, 0.1) is 13.2 Å². The number of aliphatic hydroxyl groups is 1. The lowest BCUT2D eigenvalue weighted by Crippen LogP contribution is -2.19. The van der Waals surface area contributed by atoms with Crippen molar-refractivity contribution in [2.24, 2.45) is 11.8 Å². The first-order chi connectivity index (χ1) is 7.72. The molecule has 0 amide bonds. The number of hydrogen-bond acceptors (Lipinski definition) is 3. The van der Waals surface area contributed by atoms with Gasteiger partial charge in [0.1, 0.15) is 5.75 Å². The fourth-order valence-electron chi connectivity index (χ4n) is 2.30. The number of hydrogen-bond donors (Lipinski definition) is 2. The molecule has 1 heterocycles. The van der Waals surface area contributed by atoms with Crippen LogP contribution in [0.15, 0.2) is 24.3 Å². The van der Waals surface area contributed by atoms with E-state index in [1.165, 1.54) is 0 Å². The second kappa shape index (κ2) is 4.85. The van der Waals surface area contributed by atoms with Gasteiger partial charge >= 0.3 is 0 Å². The third-order valence-electron chi connectivity index (χ3n) is 3.44. The lowest BCUT2D eigenvalue weighted by Gasteiger charge is -2.21. The second-order valence-corrected chi connectivity index (χ2v) is 4.52. The molecule has 3 nitrogen and oxygen atoms in total. The van der Waals surface area contributed by atoms with Crippen LogP contribution in [0.4, 0.5) is 0 Å². The highest BCUT2D eigenvalue weighted by molar-refractivity contribution is 5.28. The molecule has 1 aromatic rings. The molecule has 1 saturated heterocycles. The molecule has 1 fully saturated rings. The van der Waals surface area contributed by atoms with Gasteiger partial charge in [0, 0.05) is 12.5 Å². The maximum absolute atomic E-state index is 10.3. The molecule has 2 rings (SSSR count). The van der Waals surface area contributed by atoms with Gasteiger partial charge in [-0.15, -0.1) is 0 Å². The topological polar surface area (TPSA) is 41.5 Å². The Bertz CT molecular complexity index is 336. The number of benzene rings is 1. The first-order valence-corrected chi connectivity index (χ1v) is 5.75. The Kier molecular flexibility index (Phi) is 3.46. The largest absolute Gasteiger partial charge is 0.497 e. The van der Waals surface area contributed by atoms with Gasteiger partial charge in [0.25, 0.3) is 0 Å². The Morgan fingerprint density at radius 2 is 2.00 bits per heavy atom. The average Bonchev–Trinajstić information content (AvgIpc) is 2.75. The molecule has 1 aliphatic rings. The van der Waals surface area contributed by atoms with Gasteiger partial charge in [-0.05, 0) is 30.2 Å². The van der Waals surface area contributed by atoms with Gasteiger partial charge in [-0.3, -0.25) is 0 Å². The molecular formula is C13H19NO2. The second-order valence-electron chi connectivity index (χ2n) is 4.52. The van der Waals surface area contributed by atoms with Crippen LogP contribution in [0.1, 0.15) is 18.6 Å². The van der Waals surface area contributed by atoms with Crippen molar-refractivity contribution in [3.8, 4) is 5.75 Å². The summed E-state index contributed by atoms with van der Waals surface area (Å²) in [4.78, 5) is 0. The quantitative estimate of drug-likeness (QED) is 0.814. The van der Waals surface area contributed by atoms with Gasteiger partial charge in [-0.2, -0.15) is 0 Å². The Labute approximate surface area is 96.4 Å². The van der Waals surface area contributed by atoms with Gasteiger partial charge in [0.15, 0.2) is 0 Å². The highest BCUT2D eigenvalue weighted by Gasteiger charge is 2.30. The molecule has 16 heavy (non-hydrogen) atoms. The lowest BCUT2D eigenvalue weighted by molar-refractivity contribution is 0.0983. The maximum Gasteiger partial charge on any atom is 0.118 e. The summed E-state index contributed by atoms with van der Waals surface area (Å²) in [5, 5.41) is 13.6. The van der Waals surface area contributed by atoms with E-state index >= 15 is 0 Å². The zero-order valence-electron chi connectivity index (χ0n) is 9.81. The first-order valence-electron chi connectivity index (χ1n) is 5.75. The monoisotopic (exact) mass is 221 g/mol. The Morgan fingerprint density at radius 3 is 2.50 bits per heavy atom. The minimum Gasteiger partial charge on any atom is -0.497 e. The number of rotatable bonds is 3. The van der Waals surface area contributed by atoms with E-state index in [1.54, 1.807) is 7.11 Å². The Hall–Kier alpha value is -1.06. The third kappa shape index (κ3) is 2.20. The molecular weight excluding hydrogens is 202 g/mol. The van der Waals surface area contributed by atoms with Gasteiger partial charge in [0.2, 0.25) is 0 Å².